The number of hydrogen-bond acceptors (Lipinski definition) is 6. The molecule has 6 nitrogen and oxygen atoms in total. The highest BCUT2D eigenvalue weighted by atomic mass is 32.1. The standard InChI is InChI=1S/C27H21N3O3S/c1-15-6-7-16(2)18(11-15)26(31)25-24(28)23(20-5-3-4-10-30(20)25)27-29-19(13-34-27)17-8-9-21-22(12-17)33-14-32-21/h3-13H,14,28H2,1-2H3. The van der Waals surface area contributed by atoms with Crippen LogP contribution in [-0.4, -0.2) is 22.0 Å². The molecule has 0 amide bonds. The number of fused-ring (bicyclic) bond motifs is 2. The van der Waals surface area contributed by atoms with Crippen LogP contribution in [0.4, 0.5) is 5.69 Å². The van der Waals surface area contributed by atoms with Crippen molar-refractivity contribution >= 4 is 28.3 Å². The Labute approximate surface area is 200 Å². The zero-order chi connectivity index (χ0) is 23.4. The van der Waals surface area contributed by atoms with Crippen molar-refractivity contribution in [2.24, 2.45) is 0 Å². The SMILES string of the molecule is Cc1ccc(C)c(C(=O)c2c(N)c(-c3nc(-c4ccc5c(c4)OCO5)cs3)c3ccccn23)c1. The summed E-state index contributed by atoms with van der Waals surface area (Å²) in [5.74, 6) is 1.34. The Morgan fingerprint density at radius 2 is 1.91 bits per heavy atom. The minimum atomic E-state index is -0.0984. The van der Waals surface area contributed by atoms with Gasteiger partial charge in [-0.3, -0.25) is 4.79 Å². The molecule has 2 N–H and O–H groups in total. The van der Waals surface area contributed by atoms with E-state index in [1.165, 1.54) is 11.3 Å². The molecule has 0 saturated carbocycles. The summed E-state index contributed by atoms with van der Waals surface area (Å²) in [5, 5.41) is 2.75. The van der Waals surface area contributed by atoms with Gasteiger partial charge in [-0.2, -0.15) is 0 Å². The molecule has 2 aromatic carbocycles. The molecule has 6 rings (SSSR count). The first-order valence-electron chi connectivity index (χ1n) is 10.9. The van der Waals surface area contributed by atoms with Gasteiger partial charge in [0.25, 0.3) is 0 Å². The Morgan fingerprint density at radius 1 is 1.06 bits per heavy atom. The maximum absolute atomic E-state index is 13.7. The van der Waals surface area contributed by atoms with E-state index in [-0.39, 0.29) is 12.6 Å². The van der Waals surface area contributed by atoms with Crippen molar-refractivity contribution in [3.8, 4) is 33.3 Å². The first-order valence-corrected chi connectivity index (χ1v) is 11.8. The summed E-state index contributed by atoms with van der Waals surface area (Å²) in [6.45, 7) is 4.15. The number of rotatable bonds is 4. The molecule has 0 radical (unpaired) electrons. The molecule has 0 atom stereocenters. The highest BCUT2D eigenvalue weighted by Crippen LogP contribution is 2.41. The number of aryl methyl sites for hydroxylation is 2. The molecule has 0 bridgehead atoms. The molecule has 0 aliphatic carbocycles. The highest BCUT2D eigenvalue weighted by Gasteiger charge is 2.26. The van der Waals surface area contributed by atoms with E-state index in [2.05, 4.69) is 0 Å². The van der Waals surface area contributed by atoms with E-state index in [9.17, 15) is 4.79 Å². The molecule has 7 heteroatoms. The molecule has 0 unspecified atom stereocenters. The number of thiazole rings is 1. The Balaban J connectivity index is 1.49. The summed E-state index contributed by atoms with van der Waals surface area (Å²) in [4.78, 5) is 18.6. The van der Waals surface area contributed by atoms with Crippen LogP contribution in [0.15, 0.2) is 66.2 Å². The van der Waals surface area contributed by atoms with Gasteiger partial charge in [0.2, 0.25) is 12.6 Å². The number of ether oxygens (including phenoxy) is 2. The fourth-order valence-electron chi connectivity index (χ4n) is 4.37. The van der Waals surface area contributed by atoms with Crippen LogP contribution >= 0.6 is 11.3 Å². The molecule has 0 fully saturated rings. The van der Waals surface area contributed by atoms with Gasteiger partial charge in [-0.25, -0.2) is 4.98 Å². The van der Waals surface area contributed by atoms with Gasteiger partial charge in [-0.15, -0.1) is 11.3 Å². The lowest BCUT2D eigenvalue weighted by atomic mass is 9.99. The lowest BCUT2D eigenvalue weighted by molar-refractivity contribution is 0.103. The predicted molar refractivity (Wildman–Crippen MR) is 134 cm³/mol. The van der Waals surface area contributed by atoms with Gasteiger partial charge in [-0.1, -0.05) is 23.8 Å². The minimum Gasteiger partial charge on any atom is -0.454 e. The van der Waals surface area contributed by atoms with Crippen molar-refractivity contribution in [1.29, 1.82) is 0 Å². The molecule has 1 aliphatic heterocycles. The third-order valence-electron chi connectivity index (χ3n) is 6.12. The molecular formula is C27H21N3O3S. The average molecular weight is 468 g/mol. The summed E-state index contributed by atoms with van der Waals surface area (Å²) in [6, 6.07) is 17.5. The number of ketones is 1. The van der Waals surface area contributed by atoms with Crippen LogP contribution in [0, 0.1) is 13.8 Å². The summed E-state index contributed by atoms with van der Waals surface area (Å²) >= 11 is 1.50. The van der Waals surface area contributed by atoms with Gasteiger partial charge >= 0.3 is 0 Å². The Bertz CT molecular complexity index is 1600. The van der Waals surface area contributed by atoms with Gasteiger partial charge in [-0.05, 0) is 55.8 Å². The van der Waals surface area contributed by atoms with Crippen molar-refractivity contribution in [2.75, 3.05) is 12.5 Å². The van der Waals surface area contributed by atoms with Crippen molar-refractivity contribution in [2.45, 2.75) is 13.8 Å². The van der Waals surface area contributed by atoms with E-state index < -0.39 is 0 Å². The number of anilines is 1. The van der Waals surface area contributed by atoms with Crippen molar-refractivity contribution in [1.82, 2.24) is 9.38 Å². The second kappa shape index (κ2) is 7.74. The minimum absolute atomic E-state index is 0.0984. The largest absolute Gasteiger partial charge is 0.454 e. The molecular weight excluding hydrogens is 446 g/mol. The number of nitrogens with zero attached hydrogens (tertiary/aromatic N) is 2. The van der Waals surface area contributed by atoms with Crippen LogP contribution in [0.25, 0.3) is 27.3 Å². The first kappa shape index (κ1) is 20.5. The number of benzene rings is 2. The van der Waals surface area contributed by atoms with Gasteiger partial charge in [0.15, 0.2) is 11.5 Å². The molecule has 1 aliphatic rings. The number of pyridine rings is 1. The van der Waals surface area contributed by atoms with Gasteiger partial charge in [0, 0.05) is 22.7 Å². The molecule has 0 spiro atoms. The number of aromatic nitrogens is 2. The fraction of sp³-hybridized carbons (Fsp3) is 0.111. The first-order chi connectivity index (χ1) is 16.5. The number of carbonyl (C=O) groups excluding carboxylic acids is 1. The monoisotopic (exact) mass is 467 g/mol. The summed E-state index contributed by atoms with van der Waals surface area (Å²) in [6.07, 6.45) is 1.87. The van der Waals surface area contributed by atoms with Crippen LogP contribution in [-0.2, 0) is 0 Å². The third kappa shape index (κ3) is 3.16. The van der Waals surface area contributed by atoms with E-state index in [4.69, 9.17) is 20.2 Å². The van der Waals surface area contributed by atoms with Crippen LogP contribution < -0.4 is 15.2 Å². The molecule has 34 heavy (non-hydrogen) atoms. The van der Waals surface area contributed by atoms with Crippen molar-refractivity contribution in [3.63, 3.8) is 0 Å². The maximum atomic E-state index is 13.7. The maximum Gasteiger partial charge on any atom is 0.231 e. The van der Waals surface area contributed by atoms with Crippen LogP contribution in [0.2, 0.25) is 0 Å². The topological polar surface area (TPSA) is 78.9 Å². The molecule has 0 saturated heterocycles. The predicted octanol–water partition coefficient (Wildman–Crippen LogP) is 5.89. The number of carbonyl (C=O) groups is 1. The van der Waals surface area contributed by atoms with Crippen LogP contribution in [0.3, 0.4) is 0 Å². The van der Waals surface area contributed by atoms with Gasteiger partial charge in [0.1, 0.15) is 10.7 Å². The normalized spacial score (nSPS) is 12.4. The average Bonchev–Trinajstić information content (AvgIpc) is 3.56. The summed E-state index contributed by atoms with van der Waals surface area (Å²) in [5.41, 5.74) is 13.5. The highest BCUT2D eigenvalue weighted by molar-refractivity contribution is 7.13. The van der Waals surface area contributed by atoms with E-state index >= 15 is 0 Å². The smallest absolute Gasteiger partial charge is 0.231 e. The molecule has 168 valence electrons. The van der Waals surface area contributed by atoms with Gasteiger partial charge < -0.3 is 19.6 Å². The number of nitrogens with two attached hydrogens (primary N) is 1. The van der Waals surface area contributed by atoms with Crippen molar-refractivity contribution in [3.05, 3.63) is 88.6 Å². The Hall–Kier alpha value is -4.10. The quantitative estimate of drug-likeness (QED) is 0.334. The van der Waals surface area contributed by atoms with E-state index in [0.29, 0.717) is 22.7 Å². The molecule has 3 aromatic heterocycles. The third-order valence-corrected chi connectivity index (χ3v) is 6.98. The Kier molecular flexibility index (Phi) is 4.67. The second-order valence-electron chi connectivity index (χ2n) is 8.35. The van der Waals surface area contributed by atoms with Crippen molar-refractivity contribution < 1.29 is 14.3 Å². The van der Waals surface area contributed by atoms with Crippen LogP contribution in [0.5, 0.6) is 11.5 Å². The summed E-state index contributed by atoms with van der Waals surface area (Å²) < 4.78 is 12.8. The lowest BCUT2D eigenvalue weighted by Crippen LogP contribution is -2.09. The lowest BCUT2D eigenvalue weighted by Gasteiger charge is -2.08. The van der Waals surface area contributed by atoms with Gasteiger partial charge in [0.05, 0.1) is 22.5 Å². The van der Waals surface area contributed by atoms with E-state index in [0.717, 1.165) is 44.2 Å². The Morgan fingerprint density at radius 3 is 2.79 bits per heavy atom. The van der Waals surface area contributed by atoms with Crippen LogP contribution in [0.1, 0.15) is 27.2 Å². The zero-order valence-electron chi connectivity index (χ0n) is 18.7. The second-order valence-corrected chi connectivity index (χ2v) is 9.20. The fourth-order valence-corrected chi connectivity index (χ4v) is 5.26. The summed E-state index contributed by atoms with van der Waals surface area (Å²) in [7, 11) is 0. The van der Waals surface area contributed by atoms with E-state index in [1.807, 2.05) is 84.4 Å². The molecule has 5 aromatic rings. The zero-order valence-corrected chi connectivity index (χ0v) is 19.5. The van der Waals surface area contributed by atoms with E-state index in [1.54, 1.807) is 0 Å². The number of nitrogen functional groups attached to an aromatic ring is 1. The number of hydrogen-bond donors (Lipinski definition) is 1. The molecule has 4 heterocycles.